The van der Waals surface area contributed by atoms with E-state index in [9.17, 15) is 9.90 Å². The average molecular weight is 178 g/mol. The highest BCUT2D eigenvalue weighted by molar-refractivity contribution is 5.86. The molecule has 0 saturated heterocycles. The van der Waals surface area contributed by atoms with Crippen LogP contribution in [-0.4, -0.2) is 26.1 Å². The smallest absolute Gasteiger partial charge is 0.432 e. The van der Waals surface area contributed by atoms with E-state index < -0.39 is 6.09 Å². The Balaban J connectivity index is 2.75. The minimum Gasteiger partial charge on any atom is -0.507 e. The third-order valence-corrected chi connectivity index (χ3v) is 1.72. The summed E-state index contributed by atoms with van der Waals surface area (Å²) in [6.07, 6.45) is 0.100. The number of carboxylic acid groups (broad SMARTS) is 1. The van der Waals surface area contributed by atoms with Crippen molar-refractivity contribution in [2.75, 3.05) is 0 Å². The number of hydrogen-bond acceptors (Lipinski definition) is 3. The first-order valence-corrected chi connectivity index (χ1v) is 3.59. The summed E-state index contributed by atoms with van der Waals surface area (Å²) in [6, 6.07) is 4.72. The van der Waals surface area contributed by atoms with Gasteiger partial charge in [0.1, 0.15) is 5.75 Å². The number of hydrogen-bond donors (Lipinski definition) is 2. The molecule has 1 heterocycles. The van der Waals surface area contributed by atoms with Crippen LogP contribution in [-0.2, 0) is 0 Å². The topological polar surface area (TPSA) is 75.3 Å². The molecule has 0 aliphatic rings. The van der Waals surface area contributed by atoms with Crippen LogP contribution in [0.1, 0.15) is 0 Å². The Labute approximate surface area is 72.8 Å². The number of benzene rings is 1. The lowest BCUT2D eigenvalue weighted by molar-refractivity contribution is 0.193. The van der Waals surface area contributed by atoms with Crippen molar-refractivity contribution in [2.24, 2.45) is 0 Å². The molecule has 0 aliphatic heterocycles. The zero-order chi connectivity index (χ0) is 9.42. The summed E-state index contributed by atoms with van der Waals surface area (Å²) >= 11 is 0. The molecule has 0 atom stereocenters. The van der Waals surface area contributed by atoms with Crippen LogP contribution in [0.15, 0.2) is 24.4 Å². The molecule has 2 aromatic rings. The Morgan fingerprint density at radius 1 is 1.46 bits per heavy atom. The monoisotopic (exact) mass is 178 g/mol. The van der Waals surface area contributed by atoms with Crippen molar-refractivity contribution in [3.63, 3.8) is 0 Å². The Morgan fingerprint density at radius 3 is 2.85 bits per heavy atom. The summed E-state index contributed by atoms with van der Waals surface area (Å²) in [5.74, 6) is 0.0324. The van der Waals surface area contributed by atoms with E-state index in [-0.39, 0.29) is 5.75 Å². The number of nitrogens with zero attached hydrogens (tertiary/aromatic N) is 2. The maximum atomic E-state index is 10.5. The molecule has 0 aliphatic carbocycles. The summed E-state index contributed by atoms with van der Waals surface area (Å²) in [4.78, 5) is 10.5. The molecular formula is C8H6N2O3. The van der Waals surface area contributed by atoms with E-state index in [2.05, 4.69) is 5.10 Å². The van der Waals surface area contributed by atoms with E-state index in [0.29, 0.717) is 10.9 Å². The molecule has 0 bridgehead atoms. The second kappa shape index (κ2) is 2.48. The van der Waals surface area contributed by atoms with Gasteiger partial charge in [0.05, 0.1) is 10.9 Å². The van der Waals surface area contributed by atoms with Gasteiger partial charge in [0.2, 0.25) is 0 Å². The second-order valence-electron chi connectivity index (χ2n) is 2.57. The van der Waals surface area contributed by atoms with Gasteiger partial charge in [-0.2, -0.15) is 9.78 Å². The van der Waals surface area contributed by atoms with E-state index in [1.54, 1.807) is 12.1 Å². The molecular weight excluding hydrogens is 172 g/mol. The van der Waals surface area contributed by atoms with Gasteiger partial charge < -0.3 is 10.2 Å². The molecule has 5 heteroatoms. The number of fused-ring (bicyclic) bond motifs is 1. The fourth-order valence-corrected chi connectivity index (χ4v) is 1.13. The highest BCUT2D eigenvalue weighted by atomic mass is 16.4. The molecule has 0 unspecified atom stereocenters. The van der Waals surface area contributed by atoms with Gasteiger partial charge >= 0.3 is 6.09 Å². The van der Waals surface area contributed by atoms with Gasteiger partial charge in [-0.15, -0.1) is 0 Å². The standard InChI is InChI=1S/C8H6N2O3/c11-7-3-1-2-6-5(7)4-10(9-6)8(12)13/h1-4,11H,(H,12,13). The molecule has 0 fully saturated rings. The third kappa shape index (κ3) is 1.10. The highest BCUT2D eigenvalue weighted by Gasteiger charge is 2.07. The van der Waals surface area contributed by atoms with Crippen LogP contribution < -0.4 is 0 Å². The van der Waals surface area contributed by atoms with Crippen LogP contribution in [0.5, 0.6) is 5.75 Å². The molecule has 0 radical (unpaired) electrons. The Morgan fingerprint density at radius 2 is 2.23 bits per heavy atom. The largest absolute Gasteiger partial charge is 0.507 e. The van der Waals surface area contributed by atoms with E-state index in [1.807, 2.05) is 0 Å². The van der Waals surface area contributed by atoms with Gasteiger partial charge in [0, 0.05) is 6.20 Å². The lowest BCUT2D eigenvalue weighted by Crippen LogP contribution is -2.07. The first-order chi connectivity index (χ1) is 6.18. The number of phenolic OH excluding ortho intramolecular Hbond substituents is 1. The van der Waals surface area contributed by atoms with Gasteiger partial charge in [-0.25, -0.2) is 4.79 Å². The van der Waals surface area contributed by atoms with Crippen LogP contribution in [0.25, 0.3) is 10.9 Å². The van der Waals surface area contributed by atoms with Gasteiger partial charge in [0.15, 0.2) is 0 Å². The van der Waals surface area contributed by atoms with E-state index in [1.165, 1.54) is 12.3 Å². The number of carbonyl (C=O) groups is 1. The predicted octanol–water partition coefficient (Wildman–Crippen LogP) is 1.27. The molecule has 1 aromatic carbocycles. The first kappa shape index (κ1) is 7.60. The molecule has 2 rings (SSSR count). The van der Waals surface area contributed by atoms with Gasteiger partial charge in [-0.3, -0.25) is 0 Å². The predicted molar refractivity (Wildman–Crippen MR) is 44.8 cm³/mol. The first-order valence-electron chi connectivity index (χ1n) is 3.59. The van der Waals surface area contributed by atoms with Crippen molar-refractivity contribution in [3.8, 4) is 5.75 Å². The number of aromatic hydroxyl groups is 1. The van der Waals surface area contributed by atoms with Crippen molar-refractivity contribution in [2.45, 2.75) is 0 Å². The molecule has 2 N–H and O–H groups in total. The fourth-order valence-electron chi connectivity index (χ4n) is 1.13. The molecule has 0 saturated carbocycles. The van der Waals surface area contributed by atoms with E-state index in [4.69, 9.17) is 5.11 Å². The Kier molecular flexibility index (Phi) is 1.45. The van der Waals surface area contributed by atoms with Crippen molar-refractivity contribution >= 4 is 17.0 Å². The summed E-state index contributed by atoms with van der Waals surface area (Å²) in [7, 11) is 0. The zero-order valence-electron chi connectivity index (χ0n) is 6.51. The molecule has 5 nitrogen and oxygen atoms in total. The van der Waals surface area contributed by atoms with E-state index in [0.717, 1.165) is 4.68 Å². The SMILES string of the molecule is O=C(O)n1cc2c(O)cccc2n1. The maximum Gasteiger partial charge on any atom is 0.432 e. The molecule has 66 valence electrons. The summed E-state index contributed by atoms with van der Waals surface area (Å²) in [5, 5.41) is 22.1. The molecule has 1 aromatic heterocycles. The van der Waals surface area contributed by atoms with Crippen molar-refractivity contribution in [1.29, 1.82) is 0 Å². The number of phenols is 1. The van der Waals surface area contributed by atoms with Crippen LogP contribution in [0, 0.1) is 0 Å². The number of rotatable bonds is 0. The summed E-state index contributed by atoms with van der Waals surface area (Å²) < 4.78 is 0.768. The van der Waals surface area contributed by atoms with Crippen LogP contribution in [0.2, 0.25) is 0 Å². The normalized spacial score (nSPS) is 10.5. The lowest BCUT2D eigenvalue weighted by atomic mass is 10.2. The highest BCUT2D eigenvalue weighted by Crippen LogP contribution is 2.22. The Bertz CT molecular complexity index is 475. The molecule has 13 heavy (non-hydrogen) atoms. The minimum atomic E-state index is -1.17. The minimum absolute atomic E-state index is 0.0324. The van der Waals surface area contributed by atoms with E-state index >= 15 is 0 Å². The average Bonchev–Trinajstić information content (AvgIpc) is 2.49. The molecule has 0 spiro atoms. The van der Waals surface area contributed by atoms with Crippen molar-refractivity contribution < 1.29 is 15.0 Å². The van der Waals surface area contributed by atoms with Crippen LogP contribution in [0.4, 0.5) is 4.79 Å². The quantitative estimate of drug-likeness (QED) is 0.636. The Hall–Kier alpha value is -2.04. The zero-order valence-corrected chi connectivity index (χ0v) is 6.51. The summed E-state index contributed by atoms with van der Waals surface area (Å²) in [5.41, 5.74) is 0.461. The van der Waals surface area contributed by atoms with Gasteiger partial charge in [-0.05, 0) is 12.1 Å². The second-order valence-corrected chi connectivity index (χ2v) is 2.57. The van der Waals surface area contributed by atoms with Gasteiger partial charge in [-0.1, -0.05) is 6.07 Å². The van der Waals surface area contributed by atoms with Crippen LogP contribution in [0.3, 0.4) is 0 Å². The third-order valence-electron chi connectivity index (χ3n) is 1.72. The van der Waals surface area contributed by atoms with Crippen LogP contribution >= 0.6 is 0 Å². The van der Waals surface area contributed by atoms with Gasteiger partial charge in [0.25, 0.3) is 0 Å². The summed E-state index contributed by atoms with van der Waals surface area (Å²) in [6.45, 7) is 0. The van der Waals surface area contributed by atoms with Crippen molar-refractivity contribution in [1.82, 2.24) is 9.78 Å². The number of aromatic nitrogens is 2. The molecule has 0 amide bonds. The maximum absolute atomic E-state index is 10.5. The van der Waals surface area contributed by atoms with Crippen molar-refractivity contribution in [3.05, 3.63) is 24.4 Å². The lowest BCUT2D eigenvalue weighted by Gasteiger charge is -1.89. The fraction of sp³-hybridized carbons (Fsp3) is 0.